The van der Waals surface area contributed by atoms with Crippen molar-refractivity contribution in [3.8, 4) is 5.75 Å². The fourth-order valence-corrected chi connectivity index (χ4v) is 3.86. The number of amides is 3. The SMILES string of the molecule is COc1ccc(NC(=O)CC2C(=O)Nc3ccccc3N2C(=O)/C=C/c2ccccc2Cl)cc1. The summed E-state index contributed by atoms with van der Waals surface area (Å²) in [5, 5.41) is 6.05. The van der Waals surface area contributed by atoms with E-state index in [1.54, 1.807) is 79.9 Å². The highest BCUT2D eigenvalue weighted by atomic mass is 35.5. The standard InChI is InChI=1S/C26H22ClN3O4/c1-34-19-13-11-18(12-14-19)28-24(31)16-23-26(33)29-21-8-4-5-9-22(21)30(23)25(32)15-10-17-6-2-3-7-20(17)27/h2-15,23H,16H2,1H3,(H,28,31)(H,29,33)/b15-10+. The fourth-order valence-electron chi connectivity index (χ4n) is 3.66. The second-order valence-corrected chi connectivity index (χ2v) is 7.97. The zero-order valence-electron chi connectivity index (χ0n) is 18.3. The topological polar surface area (TPSA) is 87.7 Å². The summed E-state index contributed by atoms with van der Waals surface area (Å²) in [7, 11) is 1.55. The van der Waals surface area contributed by atoms with Gasteiger partial charge in [-0.1, -0.05) is 41.9 Å². The van der Waals surface area contributed by atoms with Gasteiger partial charge in [-0.3, -0.25) is 19.3 Å². The predicted molar refractivity (Wildman–Crippen MR) is 133 cm³/mol. The number of hydrogen-bond donors (Lipinski definition) is 2. The van der Waals surface area contributed by atoms with Crippen LogP contribution in [0.25, 0.3) is 6.08 Å². The molecule has 7 nitrogen and oxygen atoms in total. The van der Waals surface area contributed by atoms with Crippen molar-refractivity contribution in [2.24, 2.45) is 0 Å². The van der Waals surface area contributed by atoms with Gasteiger partial charge in [-0.2, -0.15) is 0 Å². The number of nitrogens with zero attached hydrogens (tertiary/aromatic N) is 1. The molecular weight excluding hydrogens is 454 g/mol. The first kappa shape index (κ1) is 23.1. The van der Waals surface area contributed by atoms with Gasteiger partial charge in [-0.25, -0.2) is 0 Å². The van der Waals surface area contributed by atoms with Gasteiger partial charge < -0.3 is 15.4 Å². The Morgan fingerprint density at radius 2 is 1.76 bits per heavy atom. The Labute approximate surface area is 202 Å². The van der Waals surface area contributed by atoms with Gasteiger partial charge >= 0.3 is 0 Å². The monoisotopic (exact) mass is 475 g/mol. The molecule has 0 saturated heterocycles. The molecule has 1 aliphatic rings. The van der Waals surface area contributed by atoms with Crippen molar-refractivity contribution in [3.63, 3.8) is 0 Å². The number of benzene rings is 3. The Kier molecular flexibility index (Phi) is 6.94. The first-order chi connectivity index (χ1) is 16.5. The molecule has 0 fully saturated rings. The molecule has 0 aromatic heterocycles. The molecular formula is C26H22ClN3O4. The Morgan fingerprint density at radius 1 is 1.06 bits per heavy atom. The van der Waals surface area contributed by atoms with Crippen molar-refractivity contribution < 1.29 is 19.1 Å². The predicted octanol–water partition coefficient (Wildman–Crippen LogP) is 4.74. The lowest BCUT2D eigenvalue weighted by atomic mass is 10.0. The van der Waals surface area contributed by atoms with Crippen molar-refractivity contribution in [1.29, 1.82) is 0 Å². The molecule has 3 amide bonds. The van der Waals surface area contributed by atoms with E-state index in [9.17, 15) is 14.4 Å². The Hall–Kier alpha value is -4.10. The van der Waals surface area contributed by atoms with E-state index in [1.807, 2.05) is 6.07 Å². The molecule has 0 radical (unpaired) electrons. The number of methoxy groups -OCH3 is 1. The molecule has 3 aromatic carbocycles. The largest absolute Gasteiger partial charge is 0.497 e. The molecule has 0 spiro atoms. The summed E-state index contributed by atoms with van der Waals surface area (Å²) in [6, 6.07) is 19.9. The van der Waals surface area contributed by atoms with Gasteiger partial charge in [0.15, 0.2) is 0 Å². The van der Waals surface area contributed by atoms with Crippen molar-refractivity contribution in [2.45, 2.75) is 12.5 Å². The van der Waals surface area contributed by atoms with Crippen LogP contribution in [0.1, 0.15) is 12.0 Å². The molecule has 4 rings (SSSR count). The lowest BCUT2D eigenvalue weighted by Gasteiger charge is -2.35. The molecule has 34 heavy (non-hydrogen) atoms. The van der Waals surface area contributed by atoms with E-state index in [0.29, 0.717) is 33.4 Å². The van der Waals surface area contributed by atoms with Crippen molar-refractivity contribution >= 4 is 52.5 Å². The van der Waals surface area contributed by atoms with E-state index in [2.05, 4.69) is 10.6 Å². The maximum absolute atomic E-state index is 13.3. The van der Waals surface area contributed by atoms with Crippen molar-refractivity contribution in [1.82, 2.24) is 0 Å². The summed E-state index contributed by atoms with van der Waals surface area (Å²) < 4.78 is 5.12. The summed E-state index contributed by atoms with van der Waals surface area (Å²) in [5.74, 6) is -0.631. The lowest BCUT2D eigenvalue weighted by Crippen LogP contribution is -2.52. The van der Waals surface area contributed by atoms with Crippen molar-refractivity contribution in [2.75, 3.05) is 22.6 Å². The van der Waals surface area contributed by atoms with Gasteiger partial charge in [0, 0.05) is 16.8 Å². The molecule has 1 atom stereocenters. The fraction of sp³-hybridized carbons (Fsp3) is 0.115. The summed E-state index contributed by atoms with van der Waals surface area (Å²) >= 11 is 6.19. The summed E-state index contributed by atoms with van der Waals surface area (Å²) in [6.07, 6.45) is 2.72. The molecule has 1 aliphatic heterocycles. The second kappa shape index (κ2) is 10.2. The molecule has 2 N–H and O–H groups in total. The van der Waals surface area contributed by atoms with Gasteiger partial charge in [0.05, 0.1) is 24.9 Å². The lowest BCUT2D eigenvalue weighted by molar-refractivity contribution is -0.124. The highest BCUT2D eigenvalue weighted by molar-refractivity contribution is 6.32. The number of fused-ring (bicyclic) bond motifs is 1. The number of carbonyl (C=O) groups excluding carboxylic acids is 3. The number of para-hydroxylation sites is 2. The van der Waals surface area contributed by atoms with Crippen LogP contribution >= 0.6 is 11.6 Å². The number of nitrogens with one attached hydrogen (secondary N) is 2. The van der Waals surface area contributed by atoms with E-state index >= 15 is 0 Å². The third-order valence-corrected chi connectivity index (χ3v) is 5.68. The molecule has 1 heterocycles. The van der Waals surface area contributed by atoms with Crippen LogP contribution in [0.3, 0.4) is 0 Å². The first-order valence-electron chi connectivity index (χ1n) is 10.6. The van der Waals surface area contributed by atoms with Crippen LogP contribution in [0.2, 0.25) is 5.02 Å². The van der Waals surface area contributed by atoms with Crippen LogP contribution in [-0.2, 0) is 14.4 Å². The number of ether oxygens (including phenoxy) is 1. The molecule has 0 bridgehead atoms. The van der Waals surface area contributed by atoms with Gasteiger partial charge in [0.2, 0.25) is 11.8 Å². The van der Waals surface area contributed by atoms with Crippen molar-refractivity contribution in [3.05, 3.63) is 89.5 Å². The maximum atomic E-state index is 13.3. The minimum atomic E-state index is -1.03. The van der Waals surface area contributed by atoms with Gasteiger partial charge in [0.1, 0.15) is 11.8 Å². The number of halogens is 1. The van der Waals surface area contributed by atoms with Crippen LogP contribution in [0.4, 0.5) is 17.1 Å². The Bertz CT molecular complexity index is 1260. The Balaban J connectivity index is 1.58. The van der Waals surface area contributed by atoms with Crippen LogP contribution in [-0.4, -0.2) is 30.9 Å². The quantitative estimate of drug-likeness (QED) is 0.504. The number of anilines is 3. The van der Waals surface area contributed by atoms with E-state index in [0.717, 1.165) is 0 Å². The van der Waals surface area contributed by atoms with Crippen LogP contribution < -0.4 is 20.3 Å². The summed E-state index contributed by atoms with van der Waals surface area (Å²) in [6.45, 7) is 0. The zero-order valence-corrected chi connectivity index (χ0v) is 19.1. The highest BCUT2D eigenvalue weighted by Crippen LogP contribution is 2.33. The van der Waals surface area contributed by atoms with E-state index < -0.39 is 23.8 Å². The molecule has 3 aromatic rings. The van der Waals surface area contributed by atoms with Gasteiger partial charge in [-0.15, -0.1) is 0 Å². The van der Waals surface area contributed by atoms with Crippen LogP contribution in [0.5, 0.6) is 5.75 Å². The maximum Gasteiger partial charge on any atom is 0.251 e. The summed E-state index contributed by atoms with van der Waals surface area (Å²) in [4.78, 5) is 40.3. The first-order valence-corrected chi connectivity index (χ1v) is 10.9. The third-order valence-electron chi connectivity index (χ3n) is 5.34. The number of hydrogen-bond acceptors (Lipinski definition) is 4. The summed E-state index contributed by atoms with van der Waals surface area (Å²) in [5.41, 5.74) is 2.23. The minimum Gasteiger partial charge on any atom is -0.497 e. The van der Waals surface area contributed by atoms with E-state index in [4.69, 9.17) is 16.3 Å². The number of carbonyl (C=O) groups is 3. The molecule has 172 valence electrons. The Morgan fingerprint density at radius 3 is 2.50 bits per heavy atom. The van der Waals surface area contributed by atoms with Crippen LogP contribution in [0, 0.1) is 0 Å². The third kappa shape index (κ3) is 5.10. The van der Waals surface area contributed by atoms with Crippen LogP contribution in [0.15, 0.2) is 78.9 Å². The second-order valence-electron chi connectivity index (χ2n) is 7.57. The molecule has 1 unspecified atom stereocenters. The minimum absolute atomic E-state index is 0.224. The average Bonchev–Trinajstić information content (AvgIpc) is 2.84. The number of rotatable bonds is 6. The zero-order chi connectivity index (χ0) is 24.1. The van der Waals surface area contributed by atoms with E-state index in [1.165, 1.54) is 11.0 Å². The highest BCUT2D eigenvalue weighted by Gasteiger charge is 2.37. The van der Waals surface area contributed by atoms with E-state index in [-0.39, 0.29) is 6.42 Å². The molecule has 8 heteroatoms. The molecule has 0 aliphatic carbocycles. The van der Waals surface area contributed by atoms with Gasteiger partial charge in [-0.05, 0) is 54.1 Å². The normalized spacial score (nSPS) is 14.9. The van der Waals surface area contributed by atoms with Gasteiger partial charge in [0.25, 0.3) is 5.91 Å². The smallest absolute Gasteiger partial charge is 0.251 e. The molecule has 0 saturated carbocycles. The average molecular weight is 476 g/mol.